The summed E-state index contributed by atoms with van der Waals surface area (Å²) in [7, 11) is 0. The van der Waals surface area contributed by atoms with Gasteiger partial charge in [-0.15, -0.1) is 0 Å². The third-order valence-electron chi connectivity index (χ3n) is 4.32. The van der Waals surface area contributed by atoms with Crippen LogP contribution in [-0.2, 0) is 9.47 Å². The molecule has 0 aromatic carbocycles. The molecule has 0 aromatic heterocycles. The van der Waals surface area contributed by atoms with Crippen LogP contribution in [0.25, 0.3) is 0 Å². The van der Waals surface area contributed by atoms with E-state index in [2.05, 4.69) is 20.8 Å². The normalized spacial score (nSPS) is 31.8. The molecule has 0 saturated heterocycles. The summed E-state index contributed by atoms with van der Waals surface area (Å²) >= 11 is 0. The van der Waals surface area contributed by atoms with E-state index in [1.807, 2.05) is 0 Å². The Hall–Kier alpha value is -0.120. The highest BCUT2D eigenvalue weighted by Crippen LogP contribution is 2.53. The molecule has 2 unspecified atom stereocenters. The second-order valence-electron chi connectivity index (χ2n) is 6.60. The highest BCUT2D eigenvalue weighted by atomic mass is 16.5. The van der Waals surface area contributed by atoms with Crippen molar-refractivity contribution in [3.8, 4) is 0 Å². The molecule has 3 heteroatoms. The lowest BCUT2D eigenvalue weighted by atomic mass is 9.61. The van der Waals surface area contributed by atoms with Gasteiger partial charge >= 0.3 is 0 Å². The van der Waals surface area contributed by atoms with Crippen LogP contribution in [0.4, 0.5) is 0 Å². The molecule has 0 heterocycles. The van der Waals surface area contributed by atoms with Crippen molar-refractivity contribution in [2.45, 2.75) is 70.6 Å². The van der Waals surface area contributed by atoms with E-state index in [-0.39, 0.29) is 5.60 Å². The second kappa shape index (κ2) is 4.87. The van der Waals surface area contributed by atoms with Gasteiger partial charge in [-0.25, -0.2) is 0 Å². The van der Waals surface area contributed by atoms with Gasteiger partial charge in [-0.3, -0.25) is 0 Å². The molecular weight excluding hydrogens is 214 g/mol. The van der Waals surface area contributed by atoms with Gasteiger partial charge in [0.1, 0.15) is 0 Å². The van der Waals surface area contributed by atoms with Gasteiger partial charge in [0.25, 0.3) is 0 Å². The SMILES string of the molecule is CC(C)(C)OCCOC1CC(N)C12CCCC2. The maximum Gasteiger partial charge on any atom is 0.0707 e. The van der Waals surface area contributed by atoms with Crippen LogP contribution < -0.4 is 5.73 Å². The van der Waals surface area contributed by atoms with Crippen molar-refractivity contribution in [2.24, 2.45) is 11.1 Å². The molecule has 17 heavy (non-hydrogen) atoms. The largest absolute Gasteiger partial charge is 0.375 e. The summed E-state index contributed by atoms with van der Waals surface area (Å²) in [6.07, 6.45) is 6.61. The third kappa shape index (κ3) is 2.83. The first-order chi connectivity index (χ1) is 7.94. The number of hydrogen-bond donors (Lipinski definition) is 1. The maximum absolute atomic E-state index is 6.17. The highest BCUT2D eigenvalue weighted by molar-refractivity contribution is 5.08. The predicted octanol–water partition coefficient (Wildman–Crippen LogP) is 2.48. The van der Waals surface area contributed by atoms with Crippen LogP contribution in [0.2, 0.25) is 0 Å². The van der Waals surface area contributed by atoms with E-state index in [1.165, 1.54) is 25.7 Å². The molecule has 0 aromatic rings. The van der Waals surface area contributed by atoms with Gasteiger partial charge in [0.15, 0.2) is 0 Å². The number of rotatable bonds is 4. The molecule has 2 N–H and O–H groups in total. The van der Waals surface area contributed by atoms with Crippen molar-refractivity contribution >= 4 is 0 Å². The fraction of sp³-hybridized carbons (Fsp3) is 1.00. The summed E-state index contributed by atoms with van der Waals surface area (Å²) in [6, 6.07) is 0.374. The maximum atomic E-state index is 6.17. The minimum Gasteiger partial charge on any atom is -0.375 e. The Balaban J connectivity index is 1.70. The molecule has 2 aliphatic carbocycles. The molecular formula is C14H27NO2. The van der Waals surface area contributed by atoms with Crippen molar-refractivity contribution in [3.63, 3.8) is 0 Å². The van der Waals surface area contributed by atoms with E-state index in [1.54, 1.807) is 0 Å². The Morgan fingerprint density at radius 2 is 1.82 bits per heavy atom. The third-order valence-corrected chi connectivity index (χ3v) is 4.32. The van der Waals surface area contributed by atoms with Gasteiger partial charge < -0.3 is 15.2 Å². The quantitative estimate of drug-likeness (QED) is 0.769. The van der Waals surface area contributed by atoms with Crippen LogP contribution in [0, 0.1) is 5.41 Å². The topological polar surface area (TPSA) is 44.5 Å². The Morgan fingerprint density at radius 3 is 2.35 bits per heavy atom. The van der Waals surface area contributed by atoms with E-state index in [0.717, 1.165) is 6.42 Å². The first-order valence-corrected chi connectivity index (χ1v) is 6.95. The van der Waals surface area contributed by atoms with Crippen LogP contribution in [0.3, 0.4) is 0 Å². The number of nitrogens with two attached hydrogens (primary N) is 1. The summed E-state index contributed by atoms with van der Waals surface area (Å²) in [6.45, 7) is 7.61. The summed E-state index contributed by atoms with van der Waals surface area (Å²) in [5.74, 6) is 0. The minimum atomic E-state index is -0.0651. The molecule has 2 atom stereocenters. The monoisotopic (exact) mass is 241 g/mol. The summed E-state index contributed by atoms with van der Waals surface area (Å²) in [5, 5.41) is 0. The van der Waals surface area contributed by atoms with E-state index >= 15 is 0 Å². The zero-order valence-corrected chi connectivity index (χ0v) is 11.5. The van der Waals surface area contributed by atoms with Crippen molar-refractivity contribution < 1.29 is 9.47 Å². The zero-order chi connectivity index (χ0) is 12.5. The molecule has 2 fully saturated rings. The van der Waals surface area contributed by atoms with Crippen molar-refractivity contribution in [3.05, 3.63) is 0 Å². The second-order valence-corrected chi connectivity index (χ2v) is 6.60. The first kappa shape index (κ1) is 13.3. The lowest BCUT2D eigenvalue weighted by molar-refractivity contribution is -0.141. The molecule has 2 saturated carbocycles. The van der Waals surface area contributed by atoms with Crippen LogP contribution in [-0.4, -0.2) is 31.0 Å². The molecule has 2 aliphatic rings. The smallest absolute Gasteiger partial charge is 0.0707 e. The van der Waals surface area contributed by atoms with Crippen LogP contribution in [0.15, 0.2) is 0 Å². The highest BCUT2D eigenvalue weighted by Gasteiger charge is 2.54. The fourth-order valence-electron chi connectivity index (χ4n) is 3.28. The van der Waals surface area contributed by atoms with Crippen LogP contribution in [0.5, 0.6) is 0 Å². The number of hydrogen-bond acceptors (Lipinski definition) is 3. The summed E-state index contributed by atoms with van der Waals surface area (Å²) in [5.41, 5.74) is 6.43. The van der Waals surface area contributed by atoms with Crippen LogP contribution in [0.1, 0.15) is 52.9 Å². The molecule has 100 valence electrons. The fourth-order valence-corrected chi connectivity index (χ4v) is 3.28. The van der Waals surface area contributed by atoms with E-state index in [9.17, 15) is 0 Å². The van der Waals surface area contributed by atoms with Crippen molar-refractivity contribution in [1.29, 1.82) is 0 Å². The molecule has 1 spiro atoms. The molecule has 0 bridgehead atoms. The lowest BCUT2D eigenvalue weighted by Crippen LogP contribution is -2.61. The van der Waals surface area contributed by atoms with Gasteiger partial charge in [0.05, 0.1) is 24.9 Å². The van der Waals surface area contributed by atoms with Gasteiger partial charge in [-0.2, -0.15) is 0 Å². The summed E-state index contributed by atoms with van der Waals surface area (Å²) < 4.78 is 11.6. The first-order valence-electron chi connectivity index (χ1n) is 6.95. The lowest BCUT2D eigenvalue weighted by Gasteiger charge is -2.52. The number of ether oxygens (including phenoxy) is 2. The molecule has 0 radical (unpaired) electrons. The summed E-state index contributed by atoms with van der Waals surface area (Å²) in [4.78, 5) is 0. The van der Waals surface area contributed by atoms with Gasteiger partial charge in [0, 0.05) is 11.5 Å². The van der Waals surface area contributed by atoms with E-state index < -0.39 is 0 Å². The zero-order valence-electron chi connectivity index (χ0n) is 11.5. The predicted molar refractivity (Wildman–Crippen MR) is 68.9 cm³/mol. The van der Waals surface area contributed by atoms with Crippen molar-refractivity contribution in [2.75, 3.05) is 13.2 Å². The minimum absolute atomic E-state index is 0.0651. The molecule has 2 rings (SSSR count). The average Bonchev–Trinajstić information content (AvgIpc) is 2.72. The standard InChI is InChI=1S/C14H27NO2/c1-13(2,3)17-9-8-16-12-10-11(15)14(12)6-4-5-7-14/h11-12H,4-10,15H2,1-3H3. The van der Waals surface area contributed by atoms with E-state index in [0.29, 0.717) is 30.8 Å². The Bertz CT molecular complexity index is 253. The van der Waals surface area contributed by atoms with Gasteiger partial charge in [-0.05, 0) is 40.0 Å². The van der Waals surface area contributed by atoms with Crippen LogP contribution >= 0.6 is 0 Å². The molecule has 3 nitrogen and oxygen atoms in total. The van der Waals surface area contributed by atoms with Gasteiger partial charge in [-0.1, -0.05) is 12.8 Å². The Kier molecular flexibility index (Phi) is 3.81. The molecule has 0 amide bonds. The molecule has 0 aliphatic heterocycles. The van der Waals surface area contributed by atoms with Gasteiger partial charge in [0.2, 0.25) is 0 Å². The van der Waals surface area contributed by atoms with Crippen molar-refractivity contribution in [1.82, 2.24) is 0 Å². The van der Waals surface area contributed by atoms with E-state index in [4.69, 9.17) is 15.2 Å². The Labute approximate surface area is 105 Å². The Morgan fingerprint density at radius 1 is 1.18 bits per heavy atom. The average molecular weight is 241 g/mol.